The number of hydrogen-bond acceptors (Lipinski definition) is 4. The first-order valence-corrected chi connectivity index (χ1v) is 8.23. The highest BCUT2D eigenvalue weighted by Crippen LogP contribution is 2.27. The molecule has 1 aliphatic rings. The third-order valence-corrected chi connectivity index (χ3v) is 5.30. The summed E-state index contributed by atoms with van der Waals surface area (Å²) in [6.07, 6.45) is 1.74. The minimum absolute atomic E-state index is 0.186. The number of hydrogen-bond donors (Lipinski definition) is 0. The van der Waals surface area contributed by atoms with Gasteiger partial charge in [-0.3, -0.25) is 0 Å². The summed E-state index contributed by atoms with van der Waals surface area (Å²) < 4.78 is 31.6. The maximum absolute atomic E-state index is 12.7. The molecule has 1 aromatic rings. The molecule has 1 atom stereocenters. The van der Waals surface area contributed by atoms with E-state index in [1.54, 1.807) is 44.2 Å². The summed E-state index contributed by atoms with van der Waals surface area (Å²) in [6, 6.07) is 5.72. The van der Waals surface area contributed by atoms with Crippen LogP contribution in [-0.4, -0.2) is 37.9 Å². The molecule has 2 rings (SSSR count). The first-order chi connectivity index (χ1) is 9.87. The highest BCUT2D eigenvalue weighted by molar-refractivity contribution is 7.89. The third kappa shape index (κ3) is 3.01. The fourth-order valence-corrected chi connectivity index (χ4v) is 3.84. The zero-order valence-electron chi connectivity index (χ0n) is 12.4. The number of ether oxygens (including phenoxy) is 1. The number of aryl methyl sites for hydroxylation is 1. The van der Waals surface area contributed by atoms with E-state index < -0.39 is 22.0 Å². The molecule has 0 saturated carbocycles. The lowest BCUT2D eigenvalue weighted by molar-refractivity contribution is -0.145. The summed E-state index contributed by atoms with van der Waals surface area (Å²) in [5.74, 6) is -0.528. The summed E-state index contributed by atoms with van der Waals surface area (Å²) in [7, 11) is -3.72. The van der Waals surface area contributed by atoms with Crippen molar-refractivity contribution in [1.29, 1.82) is 0 Å². The van der Waals surface area contributed by atoms with Crippen LogP contribution < -0.4 is 0 Å². The van der Waals surface area contributed by atoms with E-state index in [2.05, 4.69) is 0 Å². The van der Waals surface area contributed by atoms with Gasteiger partial charge in [-0.2, -0.15) is 4.31 Å². The standard InChI is InChI=1S/C15H19NO4S/c1-4-20-15(17)14-12(3)9-10-16(14)21(18,19)13-7-5-11(2)6-8-13/h5-9,14H,4,10H2,1-3H3/t14-/m0/s1. The molecule has 0 aromatic heterocycles. The Kier molecular flexibility index (Phi) is 4.49. The second kappa shape index (κ2) is 5.99. The van der Waals surface area contributed by atoms with Gasteiger partial charge in [0.15, 0.2) is 0 Å². The van der Waals surface area contributed by atoms with Gasteiger partial charge in [0.25, 0.3) is 0 Å². The molecule has 0 aliphatic carbocycles. The van der Waals surface area contributed by atoms with Gasteiger partial charge in [0.1, 0.15) is 6.04 Å². The third-order valence-electron chi connectivity index (χ3n) is 3.45. The first kappa shape index (κ1) is 15.7. The topological polar surface area (TPSA) is 63.7 Å². The van der Waals surface area contributed by atoms with Crippen LogP contribution in [0.3, 0.4) is 0 Å². The average Bonchev–Trinajstić information content (AvgIpc) is 2.82. The van der Waals surface area contributed by atoms with Gasteiger partial charge in [0.05, 0.1) is 11.5 Å². The first-order valence-electron chi connectivity index (χ1n) is 6.79. The smallest absolute Gasteiger partial charge is 0.328 e. The Morgan fingerprint density at radius 1 is 1.29 bits per heavy atom. The Labute approximate surface area is 125 Å². The summed E-state index contributed by atoms with van der Waals surface area (Å²) in [5, 5.41) is 0. The van der Waals surface area contributed by atoms with Crippen LogP contribution in [0.5, 0.6) is 0 Å². The number of carbonyl (C=O) groups excluding carboxylic acids is 1. The largest absolute Gasteiger partial charge is 0.465 e. The lowest BCUT2D eigenvalue weighted by Crippen LogP contribution is -2.43. The summed E-state index contributed by atoms with van der Waals surface area (Å²) in [5.41, 5.74) is 1.68. The molecule has 0 unspecified atom stereocenters. The number of sulfonamides is 1. The second-order valence-electron chi connectivity index (χ2n) is 4.99. The van der Waals surface area contributed by atoms with Gasteiger partial charge in [-0.1, -0.05) is 23.8 Å². The Bertz CT molecular complexity index is 661. The zero-order valence-corrected chi connectivity index (χ0v) is 13.2. The Hall–Kier alpha value is -1.66. The molecule has 1 aliphatic heterocycles. The average molecular weight is 309 g/mol. The molecule has 114 valence electrons. The zero-order chi connectivity index (χ0) is 15.6. The molecule has 0 fully saturated rings. The quantitative estimate of drug-likeness (QED) is 0.629. The molecule has 0 radical (unpaired) electrons. The number of rotatable bonds is 4. The SMILES string of the molecule is CCOC(=O)[C@@H]1C(C)=CCN1S(=O)(=O)c1ccc(C)cc1. The van der Waals surface area contributed by atoms with Crippen LogP contribution >= 0.6 is 0 Å². The number of esters is 1. The molecule has 6 heteroatoms. The van der Waals surface area contributed by atoms with Crippen LogP contribution in [0.2, 0.25) is 0 Å². The fraction of sp³-hybridized carbons (Fsp3) is 0.400. The molecule has 1 heterocycles. The van der Waals surface area contributed by atoms with Crippen molar-refractivity contribution in [1.82, 2.24) is 4.31 Å². The molecule has 0 bridgehead atoms. The molecular formula is C15H19NO4S. The van der Waals surface area contributed by atoms with E-state index in [9.17, 15) is 13.2 Å². The van der Waals surface area contributed by atoms with Crippen LogP contribution in [0.4, 0.5) is 0 Å². The Morgan fingerprint density at radius 3 is 2.48 bits per heavy atom. The molecule has 1 aromatic carbocycles. The van der Waals surface area contributed by atoms with E-state index in [4.69, 9.17) is 4.74 Å². The minimum Gasteiger partial charge on any atom is -0.465 e. The van der Waals surface area contributed by atoms with E-state index in [0.29, 0.717) is 5.57 Å². The van der Waals surface area contributed by atoms with Crippen molar-refractivity contribution in [2.45, 2.75) is 31.7 Å². The van der Waals surface area contributed by atoms with Crippen molar-refractivity contribution in [2.75, 3.05) is 13.2 Å². The molecular weight excluding hydrogens is 290 g/mol. The number of nitrogens with zero attached hydrogens (tertiary/aromatic N) is 1. The van der Waals surface area contributed by atoms with Crippen molar-refractivity contribution in [3.63, 3.8) is 0 Å². The van der Waals surface area contributed by atoms with Crippen LogP contribution in [0.25, 0.3) is 0 Å². The molecule has 21 heavy (non-hydrogen) atoms. The second-order valence-corrected chi connectivity index (χ2v) is 6.88. The van der Waals surface area contributed by atoms with E-state index in [0.717, 1.165) is 5.56 Å². The van der Waals surface area contributed by atoms with Crippen molar-refractivity contribution >= 4 is 16.0 Å². The predicted octanol–water partition coefficient (Wildman–Crippen LogP) is 1.88. The molecule has 5 nitrogen and oxygen atoms in total. The van der Waals surface area contributed by atoms with Gasteiger partial charge >= 0.3 is 5.97 Å². The normalized spacial score (nSPS) is 19.4. The van der Waals surface area contributed by atoms with Crippen LogP contribution in [-0.2, 0) is 19.6 Å². The van der Waals surface area contributed by atoms with Gasteiger partial charge in [-0.25, -0.2) is 13.2 Å². The monoisotopic (exact) mass is 309 g/mol. The maximum atomic E-state index is 12.7. The summed E-state index contributed by atoms with van der Waals surface area (Å²) in [4.78, 5) is 12.2. The number of carbonyl (C=O) groups is 1. The van der Waals surface area contributed by atoms with Crippen molar-refractivity contribution in [3.8, 4) is 0 Å². The maximum Gasteiger partial charge on any atom is 0.328 e. The lowest BCUT2D eigenvalue weighted by Gasteiger charge is -2.24. The minimum atomic E-state index is -3.72. The fourth-order valence-electron chi connectivity index (χ4n) is 2.29. The van der Waals surface area contributed by atoms with Crippen molar-refractivity contribution in [3.05, 3.63) is 41.5 Å². The van der Waals surface area contributed by atoms with E-state index >= 15 is 0 Å². The Balaban J connectivity index is 2.35. The van der Waals surface area contributed by atoms with Crippen molar-refractivity contribution < 1.29 is 17.9 Å². The van der Waals surface area contributed by atoms with Gasteiger partial charge in [0, 0.05) is 6.54 Å². The number of benzene rings is 1. The highest BCUT2D eigenvalue weighted by Gasteiger charge is 2.40. The van der Waals surface area contributed by atoms with Crippen molar-refractivity contribution in [2.24, 2.45) is 0 Å². The predicted molar refractivity (Wildman–Crippen MR) is 79.2 cm³/mol. The van der Waals surface area contributed by atoms with E-state index in [1.807, 2.05) is 6.92 Å². The molecule has 0 amide bonds. The van der Waals surface area contributed by atoms with Crippen LogP contribution in [0.1, 0.15) is 19.4 Å². The molecule has 0 N–H and O–H groups in total. The highest BCUT2D eigenvalue weighted by atomic mass is 32.2. The summed E-state index contributed by atoms with van der Waals surface area (Å²) >= 11 is 0. The van der Waals surface area contributed by atoms with Crippen LogP contribution in [0.15, 0.2) is 40.8 Å². The Morgan fingerprint density at radius 2 is 1.90 bits per heavy atom. The van der Waals surface area contributed by atoms with E-state index in [1.165, 1.54) is 4.31 Å². The van der Waals surface area contributed by atoms with Gasteiger partial charge < -0.3 is 4.74 Å². The summed E-state index contributed by atoms with van der Waals surface area (Å²) in [6.45, 7) is 5.74. The lowest BCUT2D eigenvalue weighted by atomic mass is 10.2. The van der Waals surface area contributed by atoms with Gasteiger partial charge in [0.2, 0.25) is 10.0 Å². The van der Waals surface area contributed by atoms with Gasteiger partial charge in [-0.15, -0.1) is 0 Å². The van der Waals surface area contributed by atoms with E-state index in [-0.39, 0.29) is 18.0 Å². The molecule has 0 saturated heterocycles. The van der Waals surface area contributed by atoms with Gasteiger partial charge in [-0.05, 0) is 38.5 Å². The van der Waals surface area contributed by atoms with Crippen LogP contribution in [0, 0.1) is 6.92 Å². The molecule has 0 spiro atoms.